The van der Waals surface area contributed by atoms with Crippen molar-refractivity contribution in [2.24, 2.45) is 0 Å². The van der Waals surface area contributed by atoms with Gasteiger partial charge in [-0.2, -0.15) is 4.40 Å². The number of pyridine rings is 1. The maximum Gasteiger partial charge on any atom is 0.347 e. The van der Waals surface area contributed by atoms with Crippen LogP contribution in [0.2, 0.25) is 0 Å². The summed E-state index contributed by atoms with van der Waals surface area (Å²) in [6.45, 7) is 7.87. The molecule has 146 valence electrons. The van der Waals surface area contributed by atoms with Crippen LogP contribution in [0.3, 0.4) is 0 Å². The molecule has 0 amide bonds. The van der Waals surface area contributed by atoms with Gasteiger partial charge in [-0.05, 0) is 55.5 Å². The lowest BCUT2D eigenvalue weighted by atomic mass is 9.99. The monoisotopic (exact) mass is 385 g/mol. The van der Waals surface area contributed by atoms with Crippen LogP contribution in [-0.4, -0.2) is 11.0 Å². The average Bonchev–Trinajstić information content (AvgIpc) is 3.07. The number of unbranched alkanes of at least 4 members (excludes halogenated alkanes) is 1. The summed E-state index contributed by atoms with van der Waals surface area (Å²) in [7, 11) is 0. The van der Waals surface area contributed by atoms with Crippen molar-refractivity contribution in [3.05, 3.63) is 64.4 Å². The number of hydrogen-bond acceptors (Lipinski definition) is 2. The minimum atomic E-state index is 0.0339. The van der Waals surface area contributed by atoms with Gasteiger partial charge < -0.3 is 4.74 Å². The van der Waals surface area contributed by atoms with Crippen molar-refractivity contribution in [1.29, 1.82) is 0 Å². The summed E-state index contributed by atoms with van der Waals surface area (Å²) in [6.07, 6.45) is 2.12. The van der Waals surface area contributed by atoms with Crippen molar-refractivity contribution in [3.8, 4) is 5.75 Å². The van der Waals surface area contributed by atoms with Gasteiger partial charge in [0.2, 0.25) is 0 Å². The fourth-order valence-electron chi connectivity index (χ4n) is 4.51. The van der Waals surface area contributed by atoms with E-state index in [1.165, 1.54) is 5.56 Å². The molecule has 0 atom stereocenters. The molecule has 0 saturated heterocycles. The zero-order chi connectivity index (χ0) is 20.1. The molecule has 0 radical (unpaired) electrons. The van der Waals surface area contributed by atoms with Gasteiger partial charge in [0.1, 0.15) is 5.75 Å². The van der Waals surface area contributed by atoms with E-state index in [2.05, 4.69) is 49.6 Å². The first-order valence-corrected chi connectivity index (χ1v) is 10.4. The molecule has 0 aliphatic heterocycles. The van der Waals surface area contributed by atoms with Gasteiger partial charge in [-0.3, -0.25) is 0 Å². The Balaban J connectivity index is 1.95. The van der Waals surface area contributed by atoms with E-state index in [1.54, 1.807) is 0 Å². The molecule has 3 aromatic carbocycles. The number of ether oxygens (including phenoxy) is 1. The Morgan fingerprint density at radius 1 is 1.00 bits per heavy atom. The Kier molecular flexibility index (Phi) is 4.16. The number of imidazole rings is 1. The molecular weight excluding hydrogens is 360 g/mol. The molecule has 4 heteroatoms. The van der Waals surface area contributed by atoms with Crippen LogP contribution < -0.4 is 14.9 Å². The van der Waals surface area contributed by atoms with E-state index in [1.807, 2.05) is 28.7 Å². The van der Waals surface area contributed by atoms with Gasteiger partial charge in [-0.1, -0.05) is 31.5 Å². The van der Waals surface area contributed by atoms with Gasteiger partial charge in [-0.15, -0.1) is 0 Å². The van der Waals surface area contributed by atoms with Crippen LogP contribution in [-0.2, 0) is 6.54 Å². The van der Waals surface area contributed by atoms with E-state index in [0.29, 0.717) is 6.61 Å². The van der Waals surface area contributed by atoms with Gasteiger partial charge in [0, 0.05) is 11.5 Å². The molecule has 0 bridgehead atoms. The minimum Gasteiger partial charge on any atom is -0.493 e. The standard InChI is InChI=1S/C25H25N2O2/c1-4-6-14-29-17-11-13-21-22(15-17)27-24(26(21)5-2)19-12-10-16(3)18-8-7-9-20(23(18)19)25(27)28/h7-13,15H,4-6,14H2,1-3H3/q+1. The summed E-state index contributed by atoms with van der Waals surface area (Å²) in [4.78, 5) is 13.6. The highest BCUT2D eigenvalue weighted by molar-refractivity contribution is 6.15. The van der Waals surface area contributed by atoms with E-state index < -0.39 is 0 Å². The molecule has 0 saturated carbocycles. The molecular formula is C25H25N2O2+. The number of aromatic nitrogens is 2. The second-order valence-corrected chi connectivity index (χ2v) is 7.72. The van der Waals surface area contributed by atoms with Crippen molar-refractivity contribution < 1.29 is 9.30 Å². The third-order valence-electron chi connectivity index (χ3n) is 5.96. The molecule has 4 nitrogen and oxygen atoms in total. The van der Waals surface area contributed by atoms with E-state index in [0.717, 1.165) is 63.4 Å². The summed E-state index contributed by atoms with van der Waals surface area (Å²) in [5.41, 5.74) is 4.15. The second-order valence-electron chi connectivity index (χ2n) is 7.72. The third kappa shape index (κ3) is 2.52. The van der Waals surface area contributed by atoms with Gasteiger partial charge in [0.25, 0.3) is 5.65 Å². The summed E-state index contributed by atoms with van der Waals surface area (Å²) >= 11 is 0. The van der Waals surface area contributed by atoms with Crippen molar-refractivity contribution >= 4 is 38.2 Å². The number of hydrogen-bond donors (Lipinski definition) is 0. The van der Waals surface area contributed by atoms with Crippen LogP contribution in [0, 0.1) is 6.92 Å². The Bertz CT molecular complexity index is 1430. The van der Waals surface area contributed by atoms with Crippen molar-refractivity contribution in [1.82, 2.24) is 4.40 Å². The van der Waals surface area contributed by atoms with E-state index in [4.69, 9.17) is 4.74 Å². The molecule has 0 spiro atoms. The second kappa shape index (κ2) is 6.73. The first-order valence-electron chi connectivity index (χ1n) is 10.4. The molecule has 5 aromatic rings. The Hall–Kier alpha value is -3.14. The zero-order valence-corrected chi connectivity index (χ0v) is 17.2. The van der Waals surface area contributed by atoms with Crippen LogP contribution in [0.15, 0.2) is 53.3 Å². The SMILES string of the molecule is CCCCOc1ccc2c(c1)n1c(=O)c3cccc4c(C)ccc(c43)c1[n+]2CC. The maximum absolute atomic E-state index is 13.6. The van der Waals surface area contributed by atoms with Gasteiger partial charge >= 0.3 is 5.56 Å². The van der Waals surface area contributed by atoms with Crippen LogP contribution >= 0.6 is 0 Å². The van der Waals surface area contributed by atoms with Crippen molar-refractivity contribution in [2.75, 3.05) is 6.61 Å². The van der Waals surface area contributed by atoms with Crippen LogP contribution in [0.4, 0.5) is 0 Å². The smallest absolute Gasteiger partial charge is 0.347 e. The quantitative estimate of drug-likeness (QED) is 0.315. The highest BCUT2D eigenvalue weighted by Crippen LogP contribution is 2.31. The van der Waals surface area contributed by atoms with Gasteiger partial charge in [0.05, 0.1) is 23.9 Å². The molecule has 2 aromatic heterocycles. The number of nitrogens with zero attached hydrogens (tertiary/aromatic N) is 2. The molecule has 5 rings (SSSR count). The lowest BCUT2D eigenvalue weighted by Gasteiger charge is -2.07. The minimum absolute atomic E-state index is 0.0339. The van der Waals surface area contributed by atoms with Crippen molar-refractivity contribution in [2.45, 2.75) is 40.2 Å². The highest BCUT2D eigenvalue weighted by Gasteiger charge is 2.26. The van der Waals surface area contributed by atoms with Crippen LogP contribution in [0.25, 0.3) is 38.2 Å². The summed E-state index contributed by atoms with van der Waals surface area (Å²) in [5, 5.41) is 4.10. The summed E-state index contributed by atoms with van der Waals surface area (Å²) < 4.78 is 10.0. The Labute approximate surface area is 169 Å². The molecule has 0 aliphatic carbocycles. The number of benzene rings is 3. The average molecular weight is 385 g/mol. The van der Waals surface area contributed by atoms with Gasteiger partial charge in [0.15, 0.2) is 11.0 Å². The molecule has 29 heavy (non-hydrogen) atoms. The first-order chi connectivity index (χ1) is 14.2. The summed E-state index contributed by atoms with van der Waals surface area (Å²) in [6, 6.07) is 16.4. The topological polar surface area (TPSA) is 34.6 Å². The Morgan fingerprint density at radius 3 is 2.62 bits per heavy atom. The van der Waals surface area contributed by atoms with Crippen LogP contribution in [0.5, 0.6) is 5.75 Å². The molecule has 2 heterocycles. The Morgan fingerprint density at radius 2 is 1.83 bits per heavy atom. The fraction of sp³-hybridized carbons (Fsp3) is 0.280. The number of aryl methyl sites for hydroxylation is 2. The predicted molar refractivity (Wildman–Crippen MR) is 118 cm³/mol. The molecule has 0 unspecified atom stereocenters. The largest absolute Gasteiger partial charge is 0.493 e. The zero-order valence-electron chi connectivity index (χ0n) is 17.2. The predicted octanol–water partition coefficient (Wildman–Crippen LogP) is 4.99. The summed E-state index contributed by atoms with van der Waals surface area (Å²) in [5.74, 6) is 0.815. The normalized spacial score (nSPS) is 12.0. The van der Waals surface area contributed by atoms with Gasteiger partial charge in [-0.25, -0.2) is 9.36 Å². The fourth-order valence-corrected chi connectivity index (χ4v) is 4.51. The van der Waals surface area contributed by atoms with E-state index in [-0.39, 0.29) is 5.56 Å². The number of fused-ring (bicyclic) bond motifs is 4. The molecule has 0 aliphatic rings. The lowest BCUT2D eigenvalue weighted by molar-refractivity contribution is -0.641. The highest BCUT2D eigenvalue weighted by atomic mass is 16.5. The lowest BCUT2D eigenvalue weighted by Crippen LogP contribution is -2.33. The van der Waals surface area contributed by atoms with E-state index >= 15 is 0 Å². The van der Waals surface area contributed by atoms with Crippen molar-refractivity contribution in [3.63, 3.8) is 0 Å². The molecule has 0 N–H and O–H groups in total. The first kappa shape index (κ1) is 17.9. The maximum atomic E-state index is 13.6. The number of rotatable bonds is 5. The van der Waals surface area contributed by atoms with Crippen LogP contribution in [0.1, 0.15) is 32.3 Å². The third-order valence-corrected chi connectivity index (χ3v) is 5.96. The molecule has 0 fully saturated rings. The van der Waals surface area contributed by atoms with E-state index in [9.17, 15) is 4.79 Å².